The summed E-state index contributed by atoms with van der Waals surface area (Å²) >= 11 is 0. The molecule has 0 fully saturated rings. The van der Waals surface area contributed by atoms with Gasteiger partial charge in [-0.15, -0.1) is 0 Å². The number of hydrogen-bond donors (Lipinski definition) is 4. The van der Waals surface area contributed by atoms with Gasteiger partial charge >= 0.3 is 5.97 Å². The standard InChI is InChI=1S/C18H20N4O3/c19-10-14(18(25)21-8-3-6-17(23)24)11-20-9-7-13-12-22-16-5-2-1-4-15(13)16/h1-2,4-5,11-12,20,22H,3,6-9H2,(H,21,25)(H,23,24)/b14-11-. The third kappa shape index (κ3) is 5.39. The first-order valence-corrected chi connectivity index (χ1v) is 8.00. The summed E-state index contributed by atoms with van der Waals surface area (Å²) in [7, 11) is 0. The molecule has 0 atom stereocenters. The number of carboxylic acids is 1. The van der Waals surface area contributed by atoms with E-state index in [2.05, 4.69) is 15.6 Å². The van der Waals surface area contributed by atoms with E-state index in [1.165, 1.54) is 6.20 Å². The molecule has 0 saturated heterocycles. The van der Waals surface area contributed by atoms with Crippen LogP contribution in [0.2, 0.25) is 0 Å². The number of carboxylic acid groups (broad SMARTS) is 1. The number of fused-ring (bicyclic) bond motifs is 1. The van der Waals surface area contributed by atoms with Gasteiger partial charge in [-0.2, -0.15) is 5.26 Å². The Bertz CT molecular complexity index is 817. The molecule has 1 aromatic heterocycles. The number of aliphatic carboxylic acids is 1. The van der Waals surface area contributed by atoms with E-state index in [-0.39, 0.29) is 18.5 Å². The lowest BCUT2D eigenvalue weighted by molar-refractivity contribution is -0.137. The lowest BCUT2D eigenvalue weighted by Gasteiger charge is -2.04. The highest BCUT2D eigenvalue weighted by molar-refractivity contribution is 5.97. The zero-order valence-electron chi connectivity index (χ0n) is 13.7. The summed E-state index contributed by atoms with van der Waals surface area (Å²) in [6, 6.07) is 9.84. The topological polar surface area (TPSA) is 118 Å². The summed E-state index contributed by atoms with van der Waals surface area (Å²) < 4.78 is 0. The Kier molecular flexibility index (Phi) is 6.60. The average Bonchev–Trinajstić information content (AvgIpc) is 3.02. The van der Waals surface area contributed by atoms with Crippen LogP contribution < -0.4 is 10.6 Å². The van der Waals surface area contributed by atoms with Crippen LogP contribution in [0.15, 0.2) is 42.2 Å². The number of H-pyrrole nitrogens is 1. The van der Waals surface area contributed by atoms with Crippen LogP contribution in [-0.2, 0) is 16.0 Å². The van der Waals surface area contributed by atoms with E-state index in [1.807, 2.05) is 36.5 Å². The first-order chi connectivity index (χ1) is 12.1. The van der Waals surface area contributed by atoms with Crippen molar-refractivity contribution in [2.75, 3.05) is 13.1 Å². The molecule has 2 rings (SSSR count). The van der Waals surface area contributed by atoms with Gasteiger partial charge in [0.25, 0.3) is 5.91 Å². The molecule has 0 aliphatic heterocycles. The Morgan fingerprint density at radius 2 is 2.08 bits per heavy atom. The molecule has 0 spiro atoms. The summed E-state index contributed by atoms with van der Waals surface area (Å²) in [5.41, 5.74) is 2.20. The third-order valence-corrected chi connectivity index (χ3v) is 3.68. The molecular formula is C18H20N4O3. The van der Waals surface area contributed by atoms with Crippen LogP contribution in [0.5, 0.6) is 0 Å². The van der Waals surface area contributed by atoms with Gasteiger partial charge < -0.3 is 20.7 Å². The van der Waals surface area contributed by atoms with Crippen LogP contribution in [-0.4, -0.2) is 35.1 Å². The number of amides is 1. The van der Waals surface area contributed by atoms with Gasteiger partial charge in [0, 0.05) is 42.8 Å². The van der Waals surface area contributed by atoms with E-state index in [1.54, 1.807) is 0 Å². The number of aromatic nitrogens is 1. The van der Waals surface area contributed by atoms with Gasteiger partial charge in [0.1, 0.15) is 11.6 Å². The SMILES string of the molecule is N#C/C(=C/NCCc1c[nH]c2ccccc12)C(=O)NCCCC(=O)O. The van der Waals surface area contributed by atoms with Crippen molar-refractivity contribution in [3.63, 3.8) is 0 Å². The van der Waals surface area contributed by atoms with Gasteiger partial charge in [0.05, 0.1) is 0 Å². The highest BCUT2D eigenvalue weighted by Gasteiger charge is 2.08. The van der Waals surface area contributed by atoms with Crippen LogP contribution in [0, 0.1) is 11.3 Å². The normalized spacial score (nSPS) is 11.1. The molecule has 0 radical (unpaired) electrons. The molecule has 7 nitrogen and oxygen atoms in total. The number of benzene rings is 1. The van der Waals surface area contributed by atoms with Crippen molar-refractivity contribution in [2.45, 2.75) is 19.3 Å². The number of nitrogens with one attached hydrogen (secondary N) is 3. The van der Waals surface area contributed by atoms with E-state index < -0.39 is 11.9 Å². The molecule has 130 valence electrons. The largest absolute Gasteiger partial charge is 0.481 e. The Hall–Kier alpha value is -3.27. The van der Waals surface area contributed by atoms with E-state index in [4.69, 9.17) is 10.4 Å². The average molecular weight is 340 g/mol. The van der Waals surface area contributed by atoms with Crippen LogP contribution in [0.25, 0.3) is 10.9 Å². The first kappa shape index (κ1) is 18.1. The van der Waals surface area contributed by atoms with Crippen LogP contribution >= 0.6 is 0 Å². The maximum atomic E-state index is 11.8. The molecule has 0 saturated carbocycles. The van der Waals surface area contributed by atoms with Gasteiger partial charge in [-0.1, -0.05) is 18.2 Å². The predicted octanol–water partition coefficient (Wildman–Crippen LogP) is 1.69. The van der Waals surface area contributed by atoms with Gasteiger partial charge in [-0.05, 0) is 24.5 Å². The van der Waals surface area contributed by atoms with Crippen molar-refractivity contribution < 1.29 is 14.7 Å². The maximum absolute atomic E-state index is 11.8. The lowest BCUT2D eigenvalue weighted by atomic mass is 10.1. The Morgan fingerprint density at radius 1 is 1.28 bits per heavy atom. The Labute approximate surface area is 145 Å². The molecule has 0 unspecified atom stereocenters. The fourth-order valence-corrected chi connectivity index (χ4v) is 2.40. The third-order valence-electron chi connectivity index (χ3n) is 3.68. The fourth-order valence-electron chi connectivity index (χ4n) is 2.40. The van der Waals surface area contributed by atoms with E-state index in [9.17, 15) is 9.59 Å². The zero-order valence-corrected chi connectivity index (χ0v) is 13.7. The van der Waals surface area contributed by atoms with Gasteiger partial charge in [-0.3, -0.25) is 9.59 Å². The lowest BCUT2D eigenvalue weighted by Crippen LogP contribution is -2.27. The van der Waals surface area contributed by atoms with Crippen molar-refractivity contribution in [3.8, 4) is 6.07 Å². The van der Waals surface area contributed by atoms with Crippen LogP contribution in [0.4, 0.5) is 0 Å². The predicted molar refractivity (Wildman–Crippen MR) is 93.6 cm³/mol. The molecule has 0 aliphatic rings. The van der Waals surface area contributed by atoms with Crippen molar-refractivity contribution >= 4 is 22.8 Å². The minimum Gasteiger partial charge on any atom is -0.481 e. The number of nitrogens with zero attached hydrogens (tertiary/aromatic N) is 1. The molecule has 25 heavy (non-hydrogen) atoms. The number of rotatable bonds is 9. The van der Waals surface area contributed by atoms with E-state index in [0.717, 1.165) is 22.9 Å². The highest BCUT2D eigenvalue weighted by Crippen LogP contribution is 2.17. The van der Waals surface area contributed by atoms with Crippen LogP contribution in [0.1, 0.15) is 18.4 Å². The molecule has 2 aromatic rings. The molecule has 4 N–H and O–H groups in total. The van der Waals surface area contributed by atoms with Gasteiger partial charge in [0.15, 0.2) is 0 Å². The van der Waals surface area contributed by atoms with E-state index in [0.29, 0.717) is 13.0 Å². The van der Waals surface area contributed by atoms with Gasteiger partial charge in [-0.25, -0.2) is 0 Å². The summed E-state index contributed by atoms with van der Waals surface area (Å²) in [6.45, 7) is 0.804. The number of carbonyl (C=O) groups is 2. The number of aromatic amines is 1. The minimum absolute atomic E-state index is 0.0191. The summed E-state index contributed by atoms with van der Waals surface area (Å²) in [6.07, 6.45) is 4.40. The van der Waals surface area contributed by atoms with Crippen molar-refractivity contribution in [1.82, 2.24) is 15.6 Å². The first-order valence-electron chi connectivity index (χ1n) is 8.00. The highest BCUT2D eigenvalue weighted by atomic mass is 16.4. The number of nitriles is 1. The molecule has 0 bridgehead atoms. The number of carbonyl (C=O) groups excluding carboxylic acids is 1. The molecule has 1 amide bonds. The summed E-state index contributed by atoms with van der Waals surface area (Å²) in [4.78, 5) is 25.4. The fraction of sp³-hybridized carbons (Fsp3) is 0.278. The minimum atomic E-state index is -0.913. The second-order valence-corrected chi connectivity index (χ2v) is 5.49. The van der Waals surface area contributed by atoms with E-state index >= 15 is 0 Å². The van der Waals surface area contributed by atoms with Crippen LogP contribution in [0.3, 0.4) is 0 Å². The zero-order chi connectivity index (χ0) is 18.1. The maximum Gasteiger partial charge on any atom is 0.303 e. The van der Waals surface area contributed by atoms with Gasteiger partial charge in [0.2, 0.25) is 0 Å². The summed E-state index contributed by atoms with van der Waals surface area (Å²) in [5.74, 6) is -1.42. The molecule has 1 heterocycles. The Morgan fingerprint density at radius 3 is 2.84 bits per heavy atom. The quantitative estimate of drug-likeness (QED) is 0.315. The monoisotopic (exact) mass is 340 g/mol. The summed E-state index contributed by atoms with van der Waals surface area (Å²) in [5, 5.41) is 24.2. The van der Waals surface area contributed by atoms with Crippen molar-refractivity contribution in [1.29, 1.82) is 5.26 Å². The number of hydrogen-bond acceptors (Lipinski definition) is 4. The molecule has 7 heteroatoms. The number of para-hydroxylation sites is 1. The second kappa shape index (κ2) is 9.13. The van der Waals surface area contributed by atoms with Crippen molar-refractivity contribution in [2.24, 2.45) is 0 Å². The molecule has 0 aliphatic carbocycles. The second-order valence-electron chi connectivity index (χ2n) is 5.49. The Balaban J connectivity index is 1.79. The molecule has 1 aromatic carbocycles. The smallest absolute Gasteiger partial charge is 0.303 e. The van der Waals surface area contributed by atoms with Crippen molar-refractivity contribution in [3.05, 3.63) is 47.8 Å². The molecular weight excluding hydrogens is 320 g/mol.